The number of carbonyl (C=O) groups excluding carboxylic acids is 1. The molecule has 1 amide bonds. The van der Waals surface area contributed by atoms with Crippen molar-refractivity contribution >= 4 is 56.5 Å². The van der Waals surface area contributed by atoms with E-state index in [0.29, 0.717) is 32.1 Å². The van der Waals surface area contributed by atoms with Crippen LogP contribution in [-0.2, 0) is 83.6 Å². The predicted molar refractivity (Wildman–Crippen MR) is 363 cm³/mol. The fourth-order valence-corrected chi connectivity index (χ4v) is 12.9. The molecule has 0 saturated carbocycles. The zero-order chi connectivity index (χ0) is 69.3. The van der Waals surface area contributed by atoms with E-state index in [1.807, 2.05) is 0 Å². The molecule has 92 heavy (non-hydrogen) atoms. The van der Waals surface area contributed by atoms with Gasteiger partial charge in [0.05, 0.1) is 61.7 Å². The van der Waals surface area contributed by atoms with Crippen LogP contribution in [0, 0.1) is 0 Å². The lowest BCUT2D eigenvalue weighted by molar-refractivity contribution is -0.331. The Hall–Kier alpha value is -1.08. The van der Waals surface area contributed by atoms with Crippen molar-refractivity contribution in [3.05, 3.63) is 50.6 Å². The summed E-state index contributed by atoms with van der Waals surface area (Å²) in [6.07, 6.45) is 18.1. The lowest BCUT2D eigenvalue weighted by atomic mass is 9.96. The van der Waals surface area contributed by atoms with Crippen LogP contribution in [0.2, 0.25) is 0 Å². The minimum Gasteiger partial charge on any atom is -0.445 e. The van der Waals surface area contributed by atoms with Crippen LogP contribution in [0.15, 0.2) is 50.6 Å². The van der Waals surface area contributed by atoms with Gasteiger partial charge in [0, 0.05) is 34.0 Å². The van der Waals surface area contributed by atoms with Crippen molar-refractivity contribution in [2.75, 3.05) is 93.5 Å². The highest BCUT2D eigenvalue weighted by Crippen LogP contribution is 2.53. The van der Waals surface area contributed by atoms with Crippen LogP contribution in [0.5, 0.6) is 0 Å². The molecule has 3 unspecified atom stereocenters. The minimum absolute atomic E-state index is 0.00323. The van der Waals surface area contributed by atoms with E-state index in [-0.39, 0.29) is 65.4 Å². The number of aliphatic hydroxyl groups excluding tert-OH is 1. The Morgan fingerprint density at radius 3 is 1.51 bits per heavy atom. The molecule has 0 aromatic rings. The quantitative estimate of drug-likeness (QED) is 0.0249. The summed E-state index contributed by atoms with van der Waals surface area (Å²) in [5, 5.41) is 15.4. The lowest BCUT2D eigenvalue weighted by Crippen LogP contribution is -2.67. The third-order valence-electron chi connectivity index (χ3n) is 15.2. The van der Waals surface area contributed by atoms with Gasteiger partial charge in [-0.3, -0.25) is 27.1 Å². The van der Waals surface area contributed by atoms with E-state index in [4.69, 9.17) is 109 Å². The van der Waals surface area contributed by atoms with Crippen molar-refractivity contribution in [2.45, 2.75) is 272 Å². The van der Waals surface area contributed by atoms with Crippen molar-refractivity contribution in [1.82, 2.24) is 5.32 Å². The molecule has 0 aliphatic carbocycles. The highest BCUT2D eigenvalue weighted by Gasteiger charge is 2.54. The highest BCUT2D eigenvalue weighted by molar-refractivity contribution is 7.48. The standard InChI is InChI=1S/C66H120Cl3NO20P2/c1-10-17-20-23-25-27-29-31-34-37-46-77-61-58(71)55(88-64(62(61)78-47-38-35-32-30-28-26-24-21-18-11-2)80-48-39-49-87-91(73,83-42-13-4)84-43-14-5)52-81-63-57(70-65(72)82-53-66(67,68)69)60(79-50-41-54(76-9)40-36-33-22-19-12-3)59(56(89-63)51-75-8)90-92(74,85-44-15-6)86-45-16-7/h13-16,54-64,71H,4-7,10-12,17-53H2,1-3,8-9H3,(H,70,72)/t54-,55-,56-,57-,58-,59-,60-,61+,62-,63-,64?/m1/s1/i46D,47D/t46?,47?,54-,55-,56-,57-,58-,59-,60-,61+,62-,63-,64?. The Kier molecular flexibility index (Phi) is 49.6. The lowest BCUT2D eigenvalue weighted by Gasteiger charge is -2.47. The van der Waals surface area contributed by atoms with Gasteiger partial charge in [-0.05, 0) is 32.1 Å². The van der Waals surface area contributed by atoms with Crippen molar-refractivity contribution in [3.8, 4) is 0 Å². The number of carbonyl (C=O) groups is 1. The first-order valence-electron chi connectivity index (χ1n) is 35.0. The Bertz CT molecular complexity index is 2020. The number of phosphoric ester groups is 2. The summed E-state index contributed by atoms with van der Waals surface area (Å²) in [6.45, 7) is 16.4. The third kappa shape index (κ3) is 39.5. The molecule has 2 fully saturated rings. The summed E-state index contributed by atoms with van der Waals surface area (Å²) >= 11 is 18.2. The number of alkyl carbamates (subject to hydrolysis) is 1. The van der Waals surface area contributed by atoms with E-state index >= 15 is 0 Å². The van der Waals surface area contributed by atoms with Crippen LogP contribution in [0.1, 0.15) is 203 Å². The number of rotatable bonds is 62. The van der Waals surface area contributed by atoms with E-state index < -0.39 is 113 Å². The van der Waals surface area contributed by atoms with Gasteiger partial charge < -0.3 is 57.8 Å². The second-order valence-corrected chi connectivity index (χ2v) is 28.8. The Morgan fingerprint density at radius 2 is 1.02 bits per heavy atom. The van der Waals surface area contributed by atoms with Gasteiger partial charge in [0.15, 0.2) is 12.6 Å². The number of methoxy groups -OCH3 is 2. The maximum Gasteiger partial charge on any atom is 0.475 e. The van der Waals surface area contributed by atoms with Crippen molar-refractivity contribution in [3.63, 3.8) is 0 Å². The van der Waals surface area contributed by atoms with E-state index in [1.165, 1.54) is 82.8 Å². The SMILES string of the molecule is [2H]C(CCCCCCCCCCC)O[C@H]1[C@H](O)[C@@H](CO[C@@H]2O[C@H](COC)[C@@H](OP(=O)(OCC=C)OCC=C)[C@H](OCC[C@@H](CCCCCCC)OC)[C@H]2NC(=O)OCC(Cl)(Cl)Cl)OC(OCCCOP(=O)(OCC=C)OCC=C)[C@@H]1OC([2H])CCCCCCCCCCC. The fraction of sp³-hybridized carbons (Fsp3) is 0.864. The van der Waals surface area contributed by atoms with Crippen LogP contribution < -0.4 is 5.32 Å². The average molecular weight is 1420 g/mol. The molecule has 0 radical (unpaired) electrons. The largest absolute Gasteiger partial charge is 0.475 e. The van der Waals surface area contributed by atoms with Gasteiger partial charge in [0.2, 0.25) is 3.79 Å². The molecule has 13 atom stereocenters. The van der Waals surface area contributed by atoms with Crippen molar-refractivity contribution in [1.29, 1.82) is 0 Å². The molecule has 0 aromatic heterocycles. The van der Waals surface area contributed by atoms with Crippen LogP contribution in [0.3, 0.4) is 0 Å². The molecule has 21 nitrogen and oxygen atoms in total. The number of halogens is 3. The van der Waals surface area contributed by atoms with Crippen LogP contribution in [-0.4, -0.2) is 176 Å². The van der Waals surface area contributed by atoms with Gasteiger partial charge in [0.25, 0.3) is 0 Å². The molecule has 2 saturated heterocycles. The third-order valence-corrected chi connectivity index (χ3v) is 18.4. The molecule has 26 heteroatoms. The van der Waals surface area contributed by atoms with Crippen LogP contribution >= 0.6 is 50.4 Å². The van der Waals surface area contributed by atoms with Gasteiger partial charge >= 0.3 is 21.7 Å². The number of aliphatic hydroxyl groups is 1. The smallest absolute Gasteiger partial charge is 0.445 e. The predicted octanol–water partition coefficient (Wildman–Crippen LogP) is 16.5. The number of amides is 1. The van der Waals surface area contributed by atoms with E-state index in [1.54, 1.807) is 7.11 Å². The maximum atomic E-state index is 14.6. The van der Waals surface area contributed by atoms with Gasteiger partial charge in [-0.2, -0.15) is 0 Å². The Labute approximate surface area is 571 Å². The Morgan fingerprint density at radius 1 is 0.543 bits per heavy atom. The zero-order valence-corrected chi connectivity index (χ0v) is 60.3. The van der Waals surface area contributed by atoms with Crippen molar-refractivity contribution < 1.29 is 96.3 Å². The van der Waals surface area contributed by atoms with E-state index in [9.17, 15) is 21.8 Å². The normalized spacial score (nSPS) is 23.5. The second-order valence-electron chi connectivity index (χ2n) is 23.0. The summed E-state index contributed by atoms with van der Waals surface area (Å²) in [5.41, 5.74) is 0. The van der Waals surface area contributed by atoms with E-state index in [2.05, 4.69) is 52.4 Å². The summed E-state index contributed by atoms with van der Waals surface area (Å²) in [5.74, 6) is 0. The van der Waals surface area contributed by atoms with Gasteiger partial charge in [0.1, 0.15) is 55.4 Å². The van der Waals surface area contributed by atoms with Gasteiger partial charge in [-0.15, -0.1) is 26.3 Å². The summed E-state index contributed by atoms with van der Waals surface area (Å²) in [7, 11) is -5.57. The molecule has 0 spiro atoms. The molecule has 0 aromatic carbocycles. The molecule has 540 valence electrons. The second kappa shape index (κ2) is 54.8. The van der Waals surface area contributed by atoms with Gasteiger partial charge in [-0.25, -0.2) is 13.9 Å². The number of phosphoric acid groups is 2. The number of nitrogens with one attached hydrogen (secondary N) is 1. The number of hydrogen-bond acceptors (Lipinski definition) is 20. The van der Waals surface area contributed by atoms with Crippen molar-refractivity contribution in [2.24, 2.45) is 0 Å². The molecule has 2 aliphatic rings. The molecule has 2 aliphatic heterocycles. The van der Waals surface area contributed by atoms with Crippen LogP contribution in [0.4, 0.5) is 4.79 Å². The minimum atomic E-state index is -4.55. The first-order chi connectivity index (χ1) is 45.3. The van der Waals surface area contributed by atoms with Gasteiger partial charge in [-0.1, -0.05) is 228 Å². The topological polar surface area (TPSA) is 231 Å². The summed E-state index contributed by atoms with van der Waals surface area (Å²) in [6, 6.07) is -1.44. The number of ether oxygens (including phenoxy) is 10. The molecule has 2 heterocycles. The summed E-state index contributed by atoms with van der Waals surface area (Å²) in [4.78, 5) is 14.0. The summed E-state index contributed by atoms with van der Waals surface area (Å²) < 4.78 is 142. The molecule has 2 N–H and O–H groups in total. The monoisotopic (exact) mass is 1420 g/mol. The molecular weight excluding hydrogens is 1300 g/mol. The average Bonchev–Trinajstić information content (AvgIpc) is 0.792. The highest BCUT2D eigenvalue weighted by atomic mass is 35.6. The van der Waals surface area contributed by atoms with Crippen LogP contribution in [0.25, 0.3) is 0 Å². The number of alkyl halides is 3. The number of unbranched alkanes of at least 4 members (excludes halogenated alkanes) is 20. The van der Waals surface area contributed by atoms with E-state index in [0.717, 1.165) is 89.9 Å². The Balaban J connectivity index is 2.77. The zero-order valence-electron chi connectivity index (χ0n) is 58.2. The fourth-order valence-electron chi connectivity index (χ4n) is 10.3. The maximum absolute atomic E-state index is 14.6. The molecular formula is C66H120Cl3NO20P2. The molecule has 2 rings (SSSR count). The first-order valence-corrected chi connectivity index (χ1v) is 37.9. The number of hydrogen-bond donors (Lipinski definition) is 2. The first kappa shape index (κ1) is 83.3. The molecule has 0 bridgehead atoms.